The third-order valence-electron chi connectivity index (χ3n) is 6.52. The second kappa shape index (κ2) is 8.50. The molecule has 178 valence electrons. The molecule has 7 nitrogen and oxygen atoms in total. The van der Waals surface area contributed by atoms with Gasteiger partial charge >= 0.3 is 6.18 Å². The molecule has 0 spiro atoms. The van der Waals surface area contributed by atoms with E-state index in [0.29, 0.717) is 24.7 Å². The van der Waals surface area contributed by atoms with Gasteiger partial charge in [-0.25, -0.2) is 14.6 Å². The molecule has 1 aliphatic heterocycles. The van der Waals surface area contributed by atoms with Gasteiger partial charge in [0.2, 0.25) is 0 Å². The topological polar surface area (TPSA) is 67.2 Å². The van der Waals surface area contributed by atoms with Gasteiger partial charge in [-0.05, 0) is 45.5 Å². The monoisotopic (exact) mass is 470 g/mol. The first-order valence-corrected chi connectivity index (χ1v) is 11.3. The van der Waals surface area contributed by atoms with E-state index in [-0.39, 0.29) is 29.0 Å². The van der Waals surface area contributed by atoms with Crippen LogP contribution in [0.4, 0.5) is 13.2 Å². The average molecular weight is 470 g/mol. The molecule has 2 aliphatic rings. The highest BCUT2D eigenvalue weighted by atomic mass is 19.4. The Bertz CT molecular complexity index is 1220. The van der Waals surface area contributed by atoms with Gasteiger partial charge in [0.05, 0.1) is 28.7 Å². The maximum absolute atomic E-state index is 13.5. The number of hydrogen-bond acceptors (Lipinski definition) is 5. The predicted octanol–water partition coefficient (Wildman–Crippen LogP) is 4.00. The number of halogens is 3. The number of benzene rings is 1. The van der Waals surface area contributed by atoms with E-state index in [1.165, 1.54) is 29.1 Å². The fourth-order valence-electron chi connectivity index (χ4n) is 4.50. The molecule has 1 saturated heterocycles. The first-order chi connectivity index (χ1) is 16.2. The normalized spacial score (nSPS) is 18.6. The Labute approximate surface area is 195 Å². The second-order valence-electron chi connectivity index (χ2n) is 9.07. The van der Waals surface area contributed by atoms with Gasteiger partial charge in [0.1, 0.15) is 0 Å². The van der Waals surface area contributed by atoms with Crippen molar-refractivity contribution in [3.8, 4) is 17.2 Å². The number of amides is 1. The molecule has 0 bridgehead atoms. The van der Waals surface area contributed by atoms with Crippen molar-refractivity contribution in [2.24, 2.45) is 0 Å². The van der Waals surface area contributed by atoms with Crippen LogP contribution < -0.4 is 0 Å². The summed E-state index contributed by atoms with van der Waals surface area (Å²) in [7, 11) is 4.02. The lowest BCUT2D eigenvalue weighted by molar-refractivity contribution is -0.137. The average Bonchev–Trinajstić information content (AvgIpc) is 3.35. The van der Waals surface area contributed by atoms with Gasteiger partial charge in [-0.3, -0.25) is 4.79 Å². The molecular weight excluding hydrogens is 445 g/mol. The van der Waals surface area contributed by atoms with Crippen molar-refractivity contribution < 1.29 is 18.0 Å². The molecule has 2 fully saturated rings. The maximum Gasteiger partial charge on any atom is 0.417 e. The number of rotatable bonds is 5. The Balaban J connectivity index is 1.51. The molecule has 1 saturated carbocycles. The summed E-state index contributed by atoms with van der Waals surface area (Å²) in [5.74, 6) is 0.238. The maximum atomic E-state index is 13.5. The fraction of sp³-hybridized carbons (Fsp3) is 0.417. The van der Waals surface area contributed by atoms with Crippen LogP contribution in [0.5, 0.6) is 0 Å². The molecule has 1 aliphatic carbocycles. The molecule has 0 radical (unpaired) electrons. The lowest BCUT2D eigenvalue weighted by Crippen LogP contribution is -2.34. The molecule has 1 unspecified atom stereocenters. The highest BCUT2D eigenvalue weighted by Gasteiger charge is 2.37. The van der Waals surface area contributed by atoms with Crippen molar-refractivity contribution in [1.82, 2.24) is 29.5 Å². The van der Waals surface area contributed by atoms with Crippen LogP contribution >= 0.6 is 0 Å². The molecule has 0 N–H and O–H groups in total. The second-order valence-corrected chi connectivity index (χ2v) is 9.07. The summed E-state index contributed by atoms with van der Waals surface area (Å²) in [6.07, 6.45) is 1.21. The summed E-state index contributed by atoms with van der Waals surface area (Å²) in [5.41, 5.74) is 0.618. The van der Waals surface area contributed by atoms with E-state index in [1.54, 1.807) is 12.3 Å². The van der Waals surface area contributed by atoms with Crippen LogP contribution in [0, 0.1) is 0 Å². The third-order valence-corrected chi connectivity index (χ3v) is 6.52. The molecule has 1 amide bonds. The van der Waals surface area contributed by atoms with Crippen molar-refractivity contribution in [2.45, 2.75) is 37.4 Å². The summed E-state index contributed by atoms with van der Waals surface area (Å²) in [6, 6.07) is 7.09. The van der Waals surface area contributed by atoms with Crippen molar-refractivity contribution in [2.75, 3.05) is 27.2 Å². The van der Waals surface area contributed by atoms with Gasteiger partial charge in [-0.1, -0.05) is 18.2 Å². The van der Waals surface area contributed by atoms with Gasteiger partial charge in [0, 0.05) is 36.8 Å². The van der Waals surface area contributed by atoms with E-state index in [4.69, 9.17) is 0 Å². The Morgan fingerprint density at radius 3 is 2.56 bits per heavy atom. The van der Waals surface area contributed by atoms with Crippen molar-refractivity contribution in [1.29, 1.82) is 0 Å². The molecule has 3 aromatic rings. The number of likely N-dealkylation sites (N-methyl/N-ethyl adjacent to an activating group) is 1. The quantitative estimate of drug-likeness (QED) is 0.564. The zero-order valence-electron chi connectivity index (χ0n) is 19.0. The number of carbonyl (C=O) groups is 1. The number of aromatic nitrogens is 4. The van der Waals surface area contributed by atoms with Crippen LogP contribution in [-0.4, -0.2) is 68.7 Å². The summed E-state index contributed by atoms with van der Waals surface area (Å²) >= 11 is 0. The summed E-state index contributed by atoms with van der Waals surface area (Å²) in [6.45, 7) is 1.33. The molecule has 2 aromatic heterocycles. The van der Waals surface area contributed by atoms with Crippen molar-refractivity contribution in [3.05, 3.63) is 59.5 Å². The van der Waals surface area contributed by atoms with E-state index in [2.05, 4.69) is 20.0 Å². The van der Waals surface area contributed by atoms with Gasteiger partial charge in [-0.2, -0.15) is 18.3 Å². The lowest BCUT2D eigenvalue weighted by Gasteiger charge is -2.20. The number of hydrogen-bond donors (Lipinski definition) is 0. The minimum Gasteiger partial charge on any atom is -0.337 e. The van der Waals surface area contributed by atoms with E-state index in [1.807, 2.05) is 19.0 Å². The standard InChI is InChI=1S/C24H25F3N6O/c1-31(2)16-10-12-32(14-16)22(34)18-13-29-33(21(18)15-7-8-15)23-28-11-9-20(30-23)17-5-3-4-6-19(17)24(25,26)27/h3-6,9,11,13,15-16H,7-8,10,12,14H2,1-2H3. The molecule has 3 heterocycles. The van der Waals surface area contributed by atoms with E-state index in [0.717, 1.165) is 31.0 Å². The number of likely N-dealkylation sites (tertiary alicyclic amines) is 1. The van der Waals surface area contributed by atoms with Crippen LogP contribution in [0.1, 0.15) is 46.8 Å². The Morgan fingerprint density at radius 1 is 1.12 bits per heavy atom. The number of carbonyl (C=O) groups excluding carboxylic acids is 1. The minimum atomic E-state index is -4.51. The van der Waals surface area contributed by atoms with Crippen molar-refractivity contribution in [3.63, 3.8) is 0 Å². The number of nitrogens with zero attached hydrogens (tertiary/aromatic N) is 6. The molecule has 5 rings (SSSR count). The smallest absolute Gasteiger partial charge is 0.337 e. The highest BCUT2D eigenvalue weighted by Crippen LogP contribution is 2.43. The highest BCUT2D eigenvalue weighted by molar-refractivity contribution is 5.95. The van der Waals surface area contributed by atoms with Gasteiger partial charge < -0.3 is 9.80 Å². The Kier molecular flexibility index (Phi) is 5.63. The Hall–Kier alpha value is -3.27. The molecular formula is C24H25F3N6O. The summed E-state index contributed by atoms with van der Waals surface area (Å²) < 4.78 is 42.2. The third kappa shape index (κ3) is 4.18. The lowest BCUT2D eigenvalue weighted by atomic mass is 10.0. The summed E-state index contributed by atoms with van der Waals surface area (Å²) in [5, 5.41) is 4.41. The first-order valence-electron chi connectivity index (χ1n) is 11.3. The zero-order valence-corrected chi connectivity index (χ0v) is 19.0. The van der Waals surface area contributed by atoms with E-state index in [9.17, 15) is 18.0 Å². The van der Waals surface area contributed by atoms with Gasteiger partial charge in [-0.15, -0.1) is 0 Å². The minimum absolute atomic E-state index is 0.0260. The van der Waals surface area contributed by atoms with Crippen LogP contribution in [0.3, 0.4) is 0 Å². The molecule has 1 atom stereocenters. The SMILES string of the molecule is CN(C)C1CCN(C(=O)c2cnn(-c3nccc(-c4ccccc4C(F)(F)F)n3)c2C2CC2)C1. The van der Waals surface area contributed by atoms with Crippen molar-refractivity contribution >= 4 is 5.91 Å². The molecule has 34 heavy (non-hydrogen) atoms. The predicted molar refractivity (Wildman–Crippen MR) is 120 cm³/mol. The van der Waals surface area contributed by atoms with Gasteiger partial charge in [0.25, 0.3) is 11.9 Å². The van der Waals surface area contributed by atoms with E-state index >= 15 is 0 Å². The zero-order chi connectivity index (χ0) is 24.0. The van der Waals surface area contributed by atoms with Crippen LogP contribution in [0.25, 0.3) is 17.2 Å². The van der Waals surface area contributed by atoms with Crippen LogP contribution in [-0.2, 0) is 6.18 Å². The fourth-order valence-corrected chi connectivity index (χ4v) is 4.50. The summed E-state index contributed by atoms with van der Waals surface area (Å²) in [4.78, 5) is 26.0. The van der Waals surface area contributed by atoms with E-state index < -0.39 is 11.7 Å². The van der Waals surface area contributed by atoms with Gasteiger partial charge in [0.15, 0.2) is 0 Å². The van der Waals surface area contributed by atoms with Crippen LogP contribution in [0.15, 0.2) is 42.7 Å². The Morgan fingerprint density at radius 2 is 1.88 bits per heavy atom. The molecule has 1 aromatic carbocycles. The molecule has 10 heteroatoms. The largest absolute Gasteiger partial charge is 0.417 e. The first kappa shape index (κ1) is 22.5. The number of alkyl halides is 3. The van der Waals surface area contributed by atoms with Crippen LogP contribution in [0.2, 0.25) is 0 Å².